The minimum atomic E-state index is 0.0542. The molecular weight excluding hydrogens is 194 g/mol. The average Bonchev–Trinajstić information content (AvgIpc) is 2.60. The van der Waals surface area contributed by atoms with Crippen LogP contribution in [0.2, 0.25) is 0 Å². The highest BCUT2D eigenvalue weighted by Gasteiger charge is 2.09. The van der Waals surface area contributed by atoms with Gasteiger partial charge in [0.1, 0.15) is 5.01 Å². The van der Waals surface area contributed by atoms with Crippen molar-refractivity contribution in [1.29, 1.82) is 5.26 Å². The minimum Gasteiger partial charge on any atom is -0.307 e. The molecule has 0 amide bonds. The first-order valence-corrected chi connectivity index (χ1v) is 5.56. The number of hydrogen-bond donors (Lipinski definition) is 1. The molecule has 76 valence electrons. The van der Waals surface area contributed by atoms with Crippen molar-refractivity contribution in [2.75, 3.05) is 6.54 Å². The second-order valence-corrected chi connectivity index (χ2v) is 4.38. The van der Waals surface area contributed by atoms with Crippen LogP contribution in [0.15, 0.2) is 5.38 Å². The molecule has 1 rings (SSSR count). The van der Waals surface area contributed by atoms with Crippen molar-refractivity contribution in [3.8, 4) is 6.07 Å². The lowest BCUT2D eigenvalue weighted by Gasteiger charge is -2.11. The number of aromatic nitrogens is 1. The fraction of sp³-hybridized carbons (Fsp3) is 0.600. The quantitative estimate of drug-likeness (QED) is 0.827. The molecule has 1 heterocycles. The maximum atomic E-state index is 8.62. The Morgan fingerprint density at radius 2 is 2.36 bits per heavy atom. The summed E-state index contributed by atoms with van der Waals surface area (Å²) in [6, 6.07) is 2.44. The smallest absolute Gasteiger partial charge is 0.110 e. The molecule has 2 unspecified atom stereocenters. The Labute approximate surface area is 88.8 Å². The van der Waals surface area contributed by atoms with Crippen molar-refractivity contribution in [3.05, 3.63) is 16.1 Å². The van der Waals surface area contributed by atoms with Gasteiger partial charge >= 0.3 is 0 Å². The van der Waals surface area contributed by atoms with Crippen LogP contribution in [0.25, 0.3) is 0 Å². The third kappa shape index (κ3) is 3.09. The highest BCUT2D eigenvalue weighted by molar-refractivity contribution is 7.09. The van der Waals surface area contributed by atoms with Crippen LogP contribution in [0.3, 0.4) is 0 Å². The molecule has 1 aromatic rings. The highest BCUT2D eigenvalue weighted by atomic mass is 32.1. The lowest BCUT2D eigenvalue weighted by atomic mass is 10.2. The van der Waals surface area contributed by atoms with Gasteiger partial charge in [0.05, 0.1) is 18.0 Å². The molecule has 0 saturated heterocycles. The maximum absolute atomic E-state index is 8.62. The number of thiazole rings is 1. The summed E-state index contributed by atoms with van der Waals surface area (Å²) < 4.78 is 0. The van der Waals surface area contributed by atoms with Gasteiger partial charge in [0.15, 0.2) is 0 Å². The molecule has 0 saturated carbocycles. The largest absolute Gasteiger partial charge is 0.307 e. The van der Waals surface area contributed by atoms with Crippen molar-refractivity contribution in [2.24, 2.45) is 5.92 Å². The third-order valence-corrected chi connectivity index (χ3v) is 3.10. The predicted molar refractivity (Wildman–Crippen MR) is 58.0 cm³/mol. The topological polar surface area (TPSA) is 48.7 Å². The lowest BCUT2D eigenvalue weighted by Crippen LogP contribution is -2.23. The van der Waals surface area contributed by atoms with E-state index in [4.69, 9.17) is 5.26 Å². The minimum absolute atomic E-state index is 0.0542. The number of aryl methyl sites for hydroxylation is 1. The summed E-state index contributed by atoms with van der Waals surface area (Å²) in [7, 11) is 0. The van der Waals surface area contributed by atoms with Crippen LogP contribution in [0.5, 0.6) is 0 Å². The Hall–Kier alpha value is -0.920. The fourth-order valence-corrected chi connectivity index (χ4v) is 1.89. The summed E-state index contributed by atoms with van der Waals surface area (Å²) in [6.45, 7) is 6.69. The number of nitriles is 1. The average molecular weight is 209 g/mol. The van der Waals surface area contributed by atoms with Crippen molar-refractivity contribution < 1.29 is 0 Å². The molecule has 0 aliphatic rings. The molecule has 1 N–H and O–H groups in total. The van der Waals surface area contributed by atoms with Gasteiger partial charge < -0.3 is 5.32 Å². The highest BCUT2D eigenvalue weighted by Crippen LogP contribution is 2.17. The maximum Gasteiger partial charge on any atom is 0.110 e. The van der Waals surface area contributed by atoms with Gasteiger partial charge in [-0.1, -0.05) is 0 Å². The molecule has 0 aliphatic heterocycles. The van der Waals surface area contributed by atoms with E-state index in [1.807, 2.05) is 19.2 Å². The monoisotopic (exact) mass is 209 g/mol. The van der Waals surface area contributed by atoms with Gasteiger partial charge in [-0.05, 0) is 20.8 Å². The van der Waals surface area contributed by atoms with E-state index in [-0.39, 0.29) is 12.0 Å². The van der Waals surface area contributed by atoms with Gasteiger partial charge in [-0.15, -0.1) is 11.3 Å². The van der Waals surface area contributed by atoms with E-state index in [2.05, 4.69) is 23.3 Å². The molecule has 0 spiro atoms. The lowest BCUT2D eigenvalue weighted by molar-refractivity contribution is 0.525. The van der Waals surface area contributed by atoms with Gasteiger partial charge in [0.2, 0.25) is 0 Å². The van der Waals surface area contributed by atoms with Gasteiger partial charge in [-0.3, -0.25) is 0 Å². The van der Waals surface area contributed by atoms with Crippen LogP contribution in [-0.2, 0) is 0 Å². The third-order valence-electron chi connectivity index (χ3n) is 1.96. The zero-order chi connectivity index (χ0) is 10.6. The summed E-state index contributed by atoms with van der Waals surface area (Å²) in [5.74, 6) is 0.0542. The predicted octanol–water partition coefficient (Wildman–Crippen LogP) is 2.26. The van der Waals surface area contributed by atoms with Crippen molar-refractivity contribution >= 4 is 11.3 Å². The molecule has 0 radical (unpaired) electrons. The number of nitrogens with zero attached hydrogens (tertiary/aromatic N) is 2. The normalized spacial score (nSPS) is 14.7. The summed E-state index contributed by atoms with van der Waals surface area (Å²) in [5.41, 5.74) is 1.06. The Bertz CT molecular complexity index is 326. The molecule has 1 aromatic heterocycles. The number of rotatable bonds is 4. The zero-order valence-electron chi connectivity index (χ0n) is 8.74. The second-order valence-electron chi connectivity index (χ2n) is 3.49. The van der Waals surface area contributed by atoms with E-state index >= 15 is 0 Å². The van der Waals surface area contributed by atoms with E-state index in [9.17, 15) is 0 Å². The first-order valence-electron chi connectivity index (χ1n) is 4.68. The van der Waals surface area contributed by atoms with Crippen LogP contribution in [0.1, 0.15) is 30.6 Å². The first-order chi connectivity index (χ1) is 6.63. The molecule has 0 bridgehead atoms. The SMILES string of the molecule is Cc1csc(C(C)NCC(C)C#N)n1. The second kappa shape index (κ2) is 5.08. The summed E-state index contributed by atoms with van der Waals surface area (Å²) >= 11 is 1.66. The van der Waals surface area contributed by atoms with Crippen molar-refractivity contribution in [3.63, 3.8) is 0 Å². The van der Waals surface area contributed by atoms with E-state index in [0.717, 1.165) is 17.2 Å². The van der Waals surface area contributed by atoms with Gasteiger partial charge in [-0.2, -0.15) is 5.26 Å². The molecule has 0 aromatic carbocycles. The van der Waals surface area contributed by atoms with Crippen molar-refractivity contribution in [2.45, 2.75) is 26.8 Å². The molecule has 0 aliphatic carbocycles. The van der Waals surface area contributed by atoms with E-state index < -0.39 is 0 Å². The fourth-order valence-electron chi connectivity index (χ4n) is 1.06. The van der Waals surface area contributed by atoms with Gasteiger partial charge in [0, 0.05) is 17.6 Å². The van der Waals surface area contributed by atoms with Crippen LogP contribution in [0, 0.1) is 24.2 Å². The van der Waals surface area contributed by atoms with Crippen molar-refractivity contribution in [1.82, 2.24) is 10.3 Å². The van der Waals surface area contributed by atoms with Crippen LogP contribution in [0.4, 0.5) is 0 Å². The van der Waals surface area contributed by atoms with Gasteiger partial charge in [0.25, 0.3) is 0 Å². The Morgan fingerprint density at radius 1 is 1.64 bits per heavy atom. The van der Waals surface area contributed by atoms with E-state index in [1.165, 1.54) is 0 Å². The molecule has 3 nitrogen and oxygen atoms in total. The van der Waals surface area contributed by atoms with E-state index in [0.29, 0.717) is 0 Å². The summed E-state index contributed by atoms with van der Waals surface area (Å²) in [6.07, 6.45) is 0. The number of hydrogen-bond acceptors (Lipinski definition) is 4. The molecule has 14 heavy (non-hydrogen) atoms. The molecule has 0 fully saturated rings. The number of nitrogens with one attached hydrogen (secondary N) is 1. The van der Waals surface area contributed by atoms with Gasteiger partial charge in [-0.25, -0.2) is 4.98 Å². The van der Waals surface area contributed by atoms with E-state index in [1.54, 1.807) is 11.3 Å². The summed E-state index contributed by atoms with van der Waals surface area (Å²) in [5, 5.41) is 15.0. The van der Waals surface area contributed by atoms with Crippen LogP contribution >= 0.6 is 11.3 Å². The first kappa shape index (κ1) is 11.2. The Kier molecular flexibility index (Phi) is 4.05. The Morgan fingerprint density at radius 3 is 2.86 bits per heavy atom. The Balaban J connectivity index is 2.43. The molecular formula is C10H15N3S. The standard InChI is InChI=1S/C10H15N3S/c1-7(4-11)5-12-9(3)10-13-8(2)6-14-10/h6-7,9,12H,5H2,1-3H3. The molecule has 4 heteroatoms. The summed E-state index contributed by atoms with van der Waals surface area (Å²) in [4.78, 5) is 4.39. The van der Waals surface area contributed by atoms with Crippen LogP contribution < -0.4 is 5.32 Å². The molecule has 2 atom stereocenters. The van der Waals surface area contributed by atoms with Crippen LogP contribution in [-0.4, -0.2) is 11.5 Å². The zero-order valence-corrected chi connectivity index (χ0v) is 9.56.